The van der Waals surface area contributed by atoms with E-state index in [0.717, 1.165) is 6.07 Å². The summed E-state index contributed by atoms with van der Waals surface area (Å²) < 4.78 is 0. The fourth-order valence-electron chi connectivity index (χ4n) is 1.71. The lowest BCUT2D eigenvalue weighted by molar-refractivity contribution is 0.0697. The average molecular weight is 287 g/mol. The minimum Gasteiger partial charge on any atom is -0.508 e. The van der Waals surface area contributed by atoms with Crippen molar-refractivity contribution in [1.82, 2.24) is 4.98 Å². The summed E-state index contributed by atoms with van der Waals surface area (Å²) in [6.45, 7) is 1.73. The van der Waals surface area contributed by atoms with E-state index in [9.17, 15) is 14.7 Å². The molecule has 108 valence electrons. The van der Waals surface area contributed by atoms with Gasteiger partial charge >= 0.3 is 12.0 Å². The van der Waals surface area contributed by atoms with Crippen molar-refractivity contribution in [2.45, 2.75) is 6.92 Å². The van der Waals surface area contributed by atoms with Gasteiger partial charge in [-0.05, 0) is 37.3 Å². The fourth-order valence-corrected chi connectivity index (χ4v) is 1.71. The molecule has 0 saturated heterocycles. The Hall–Kier alpha value is -3.09. The van der Waals surface area contributed by atoms with Crippen LogP contribution in [0.3, 0.4) is 0 Å². The van der Waals surface area contributed by atoms with Crippen molar-refractivity contribution in [3.8, 4) is 5.75 Å². The Balaban J connectivity index is 2.17. The average Bonchev–Trinajstić information content (AvgIpc) is 2.43. The summed E-state index contributed by atoms with van der Waals surface area (Å²) in [4.78, 5) is 27.0. The highest BCUT2D eigenvalue weighted by Gasteiger charge is 2.13. The van der Waals surface area contributed by atoms with Crippen LogP contribution in [0.4, 0.5) is 16.2 Å². The summed E-state index contributed by atoms with van der Waals surface area (Å²) in [5.41, 5.74) is 1.04. The Morgan fingerprint density at radius 2 is 1.86 bits per heavy atom. The number of anilines is 2. The number of phenolic OH excluding ortho intramolecular Hbond substituents is 1. The second-order valence-corrected chi connectivity index (χ2v) is 4.25. The molecule has 0 saturated carbocycles. The first kappa shape index (κ1) is 14.3. The molecular weight excluding hydrogens is 274 g/mol. The van der Waals surface area contributed by atoms with E-state index in [-0.39, 0.29) is 17.0 Å². The van der Waals surface area contributed by atoms with Crippen LogP contribution >= 0.6 is 0 Å². The first-order valence-corrected chi connectivity index (χ1v) is 6.03. The maximum Gasteiger partial charge on any atom is 0.337 e. The van der Waals surface area contributed by atoms with Crippen LogP contribution in [0.1, 0.15) is 16.1 Å². The smallest absolute Gasteiger partial charge is 0.337 e. The number of hydrogen-bond donors (Lipinski definition) is 4. The quantitative estimate of drug-likeness (QED) is 0.648. The van der Waals surface area contributed by atoms with Crippen molar-refractivity contribution in [3.63, 3.8) is 0 Å². The summed E-state index contributed by atoms with van der Waals surface area (Å²) in [7, 11) is 0. The van der Waals surface area contributed by atoms with E-state index in [0.29, 0.717) is 11.4 Å². The highest BCUT2D eigenvalue weighted by molar-refractivity contribution is 6.05. The number of carboxylic acid groups (broad SMARTS) is 1. The van der Waals surface area contributed by atoms with Crippen molar-refractivity contribution in [3.05, 3.63) is 47.8 Å². The Morgan fingerprint density at radius 3 is 2.52 bits per heavy atom. The number of carbonyl (C=O) groups is 2. The number of benzene rings is 1. The van der Waals surface area contributed by atoms with Gasteiger partial charge in [0.1, 0.15) is 5.75 Å². The van der Waals surface area contributed by atoms with Gasteiger partial charge in [-0.2, -0.15) is 0 Å². The zero-order valence-electron chi connectivity index (χ0n) is 11.1. The number of aromatic hydroxyl groups is 1. The number of phenols is 1. The minimum atomic E-state index is -1.25. The standard InChI is InChI=1S/C14H13N3O4/c1-8-11(3-2-6-15-8)16-14(21)17-12-5-4-9(18)7-10(12)13(19)20/h2-7,18H,1H3,(H,19,20)(H2,16,17,21). The number of rotatable bonds is 3. The number of hydrogen-bond acceptors (Lipinski definition) is 4. The maximum absolute atomic E-state index is 11.9. The largest absolute Gasteiger partial charge is 0.508 e. The van der Waals surface area contributed by atoms with Gasteiger partial charge in [-0.3, -0.25) is 4.98 Å². The molecular formula is C14H13N3O4. The van der Waals surface area contributed by atoms with E-state index in [1.807, 2.05) is 0 Å². The number of aromatic nitrogens is 1. The number of carbonyl (C=O) groups excluding carboxylic acids is 1. The van der Waals surface area contributed by atoms with Gasteiger partial charge in [0.25, 0.3) is 0 Å². The molecule has 21 heavy (non-hydrogen) atoms. The summed E-state index contributed by atoms with van der Waals surface area (Å²) in [6.07, 6.45) is 1.60. The number of nitrogens with one attached hydrogen (secondary N) is 2. The van der Waals surface area contributed by atoms with Crippen molar-refractivity contribution in [1.29, 1.82) is 0 Å². The van der Waals surface area contributed by atoms with E-state index in [1.165, 1.54) is 12.1 Å². The molecule has 1 aromatic heterocycles. The van der Waals surface area contributed by atoms with Gasteiger partial charge < -0.3 is 20.8 Å². The van der Waals surface area contributed by atoms with Crippen molar-refractivity contribution in [2.75, 3.05) is 10.6 Å². The Labute approximate surface area is 120 Å². The molecule has 0 atom stereocenters. The molecule has 0 spiro atoms. The van der Waals surface area contributed by atoms with Crippen molar-refractivity contribution in [2.24, 2.45) is 0 Å². The summed E-state index contributed by atoms with van der Waals surface area (Å²) >= 11 is 0. The van der Waals surface area contributed by atoms with Gasteiger partial charge in [0, 0.05) is 6.20 Å². The number of aryl methyl sites for hydroxylation is 1. The molecule has 2 amide bonds. The molecule has 0 unspecified atom stereocenters. The van der Waals surface area contributed by atoms with E-state index in [2.05, 4.69) is 15.6 Å². The van der Waals surface area contributed by atoms with Gasteiger partial charge in [0.15, 0.2) is 0 Å². The molecule has 0 aliphatic rings. The molecule has 2 aromatic rings. The highest BCUT2D eigenvalue weighted by Crippen LogP contribution is 2.21. The van der Waals surface area contributed by atoms with Gasteiger partial charge in [0.05, 0.1) is 22.6 Å². The lowest BCUT2D eigenvalue weighted by atomic mass is 10.1. The molecule has 1 aromatic carbocycles. The number of urea groups is 1. The van der Waals surface area contributed by atoms with E-state index >= 15 is 0 Å². The SMILES string of the molecule is Cc1ncccc1NC(=O)Nc1ccc(O)cc1C(=O)O. The summed E-state index contributed by atoms with van der Waals surface area (Å²) in [5, 5.41) is 23.3. The minimum absolute atomic E-state index is 0.0827. The van der Waals surface area contributed by atoms with Gasteiger partial charge in [-0.15, -0.1) is 0 Å². The van der Waals surface area contributed by atoms with Gasteiger partial charge in [-0.1, -0.05) is 0 Å². The summed E-state index contributed by atoms with van der Waals surface area (Å²) in [6, 6.07) is 6.42. The van der Waals surface area contributed by atoms with Crippen LogP contribution in [0.25, 0.3) is 0 Å². The third kappa shape index (κ3) is 3.47. The molecule has 7 heteroatoms. The zero-order valence-corrected chi connectivity index (χ0v) is 11.1. The van der Waals surface area contributed by atoms with E-state index in [4.69, 9.17) is 5.11 Å². The monoisotopic (exact) mass is 287 g/mol. The predicted molar refractivity (Wildman–Crippen MR) is 76.7 cm³/mol. The molecule has 4 N–H and O–H groups in total. The molecule has 0 aliphatic heterocycles. The Kier molecular flexibility index (Phi) is 4.03. The second-order valence-electron chi connectivity index (χ2n) is 4.25. The molecule has 7 nitrogen and oxygen atoms in total. The third-order valence-electron chi connectivity index (χ3n) is 2.74. The van der Waals surface area contributed by atoms with Crippen LogP contribution in [-0.4, -0.2) is 27.2 Å². The molecule has 2 rings (SSSR count). The first-order valence-electron chi connectivity index (χ1n) is 6.03. The lowest BCUT2D eigenvalue weighted by Gasteiger charge is -2.11. The lowest BCUT2D eigenvalue weighted by Crippen LogP contribution is -2.21. The van der Waals surface area contributed by atoms with Crippen LogP contribution in [0, 0.1) is 6.92 Å². The Bertz CT molecular complexity index is 700. The van der Waals surface area contributed by atoms with Crippen LogP contribution < -0.4 is 10.6 Å². The molecule has 0 fully saturated rings. The van der Waals surface area contributed by atoms with Crippen molar-refractivity contribution >= 4 is 23.4 Å². The number of amides is 2. The Morgan fingerprint density at radius 1 is 1.14 bits per heavy atom. The topological polar surface area (TPSA) is 112 Å². The van der Waals surface area contributed by atoms with Crippen LogP contribution in [-0.2, 0) is 0 Å². The zero-order chi connectivity index (χ0) is 15.4. The van der Waals surface area contributed by atoms with E-state index < -0.39 is 12.0 Å². The normalized spacial score (nSPS) is 9.95. The molecule has 0 aliphatic carbocycles. The second kappa shape index (κ2) is 5.91. The molecule has 1 heterocycles. The highest BCUT2D eigenvalue weighted by atomic mass is 16.4. The maximum atomic E-state index is 11.9. The van der Waals surface area contributed by atoms with Crippen LogP contribution in [0.2, 0.25) is 0 Å². The number of pyridine rings is 1. The third-order valence-corrected chi connectivity index (χ3v) is 2.74. The van der Waals surface area contributed by atoms with Gasteiger partial charge in [-0.25, -0.2) is 9.59 Å². The number of aromatic carboxylic acids is 1. The predicted octanol–water partition coefficient (Wildman–Crippen LogP) is 2.44. The summed E-state index contributed by atoms with van der Waals surface area (Å²) in [5.74, 6) is -1.44. The molecule has 0 bridgehead atoms. The first-order chi connectivity index (χ1) is 9.97. The van der Waals surface area contributed by atoms with Crippen LogP contribution in [0.5, 0.6) is 5.75 Å². The molecule has 0 radical (unpaired) electrons. The van der Waals surface area contributed by atoms with Gasteiger partial charge in [0.2, 0.25) is 0 Å². The number of carboxylic acids is 1. The van der Waals surface area contributed by atoms with E-state index in [1.54, 1.807) is 25.3 Å². The van der Waals surface area contributed by atoms with Crippen molar-refractivity contribution < 1.29 is 19.8 Å². The van der Waals surface area contributed by atoms with Crippen LogP contribution in [0.15, 0.2) is 36.5 Å². The number of nitrogens with zero attached hydrogens (tertiary/aromatic N) is 1. The fraction of sp³-hybridized carbons (Fsp3) is 0.0714.